The van der Waals surface area contributed by atoms with Crippen LogP contribution in [0.15, 0.2) is 84.2 Å². The Bertz CT molecular complexity index is 1340. The van der Waals surface area contributed by atoms with Crippen LogP contribution in [0.5, 0.6) is 0 Å². The smallest absolute Gasteiger partial charge is 0.229 e. The van der Waals surface area contributed by atoms with Gasteiger partial charge in [0.1, 0.15) is 5.76 Å². The maximum Gasteiger partial charge on any atom is 0.229 e. The van der Waals surface area contributed by atoms with E-state index in [-0.39, 0.29) is 5.91 Å². The average Bonchev–Trinajstić information content (AvgIpc) is 3.09. The summed E-state index contributed by atoms with van der Waals surface area (Å²) in [5.74, 6) is 1.32. The number of aromatic nitrogens is 2. The van der Waals surface area contributed by atoms with E-state index in [1.165, 1.54) is 11.1 Å². The summed E-state index contributed by atoms with van der Waals surface area (Å²) < 4.78 is 5.48. The molecule has 0 saturated carbocycles. The number of aryl methyl sites for hydroxylation is 1. The van der Waals surface area contributed by atoms with E-state index in [1.807, 2.05) is 48.5 Å². The Morgan fingerprint density at radius 3 is 2.60 bits per heavy atom. The van der Waals surface area contributed by atoms with Gasteiger partial charge in [0.25, 0.3) is 0 Å². The summed E-state index contributed by atoms with van der Waals surface area (Å²) in [4.78, 5) is 23.0. The van der Waals surface area contributed by atoms with Gasteiger partial charge in [0.15, 0.2) is 5.82 Å². The fourth-order valence-electron chi connectivity index (χ4n) is 4.51. The number of methoxy groups -OCH3 is 1. The molecule has 1 unspecified atom stereocenters. The molecule has 5 rings (SSSR count). The minimum atomic E-state index is -0.0918. The first-order chi connectivity index (χ1) is 17.1. The van der Waals surface area contributed by atoms with E-state index >= 15 is 0 Å². The number of anilines is 1. The monoisotopic (exact) mass is 481 g/mol. The Kier molecular flexibility index (Phi) is 6.87. The second-order valence-corrected chi connectivity index (χ2v) is 9.47. The highest BCUT2D eigenvalue weighted by atomic mass is 31.0. The highest BCUT2D eigenvalue weighted by Crippen LogP contribution is 2.36. The maximum absolute atomic E-state index is 13.0. The summed E-state index contributed by atoms with van der Waals surface area (Å²) in [5.41, 5.74) is 7.17. The molecule has 1 atom stereocenters. The standard InChI is InChI=1S/C29H28N3O2P/c1-34-22-8-5-9-24-21(18-22)12-15-25-28(24)30-26(16-19-6-3-2-4-7-19)29(31-25)32-27(33)17-20-10-13-23(35)14-11-20/h2-8,10-11,13-14,18H,9,12,15-17,35H2,1H3,(H,31,32,33). The van der Waals surface area contributed by atoms with Crippen LogP contribution in [0.25, 0.3) is 5.57 Å². The third-order valence-electron chi connectivity index (χ3n) is 6.32. The lowest BCUT2D eigenvalue weighted by molar-refractivity contribution is -0.115. The lowest BCUT2D eigenvalue weighted by Gasteiger charge is -2.22. The van der Waals surface area contributed by atoms with Crippen LogP contribution < -0.4 is 10.6 Å². The quantitative estimate of drug-likeness (QED) is 0.507. The van der Waals surface area contributed by atoms with Gasteiger partial charge < -0.3 is 10.1 Å². The molecule has 2 aromatic carbocycles. The van der Waals surface area contributed by atoms with Crippen LogP contribution in [0, 0.1) is 0 Å². The molecule has 6 heteroatoms. The van der Waals surface area contributed by atoms with Gasteiger partial charge in [0.05, 0.1) is 30.6 Å². The van der Waals surface area contributed by atoms with Gasteiger partial charge in [-0.25, -0.2) is 9.97 Å². The average molecular weight is 482 g/mol. The van der Waals surface area contributed by atoms with E-state index < -0.39 is 0 Å². The van der Waals surface area contributed by atoms with E-state index in [2.05, 4.69) is 38.8 Å². The fraction of sp³-hybridized carbons (Fsp3) is 0.207. The summed E-state index contributed by atoms with van der Waals surface area (Å²) in [7, 11) is 4.36. The topological polar surface area (TPSA) is 64.1 Å². The first-order valence-electron chi connectivity index (χ1n) is 11.8. The summed E-state index contributed by atoms with van der Waals surface area (Å²) in [6.45, 7) is 0. The van der Waals surface area contributed by atoms with Crippen molar-refractivity contribution in [3.05, 3.63) is 112 Å². The molecule has 0 saturated heterocycles. The van der Waals surface area contributed by atoms with E-state index in [0.29, 0.717) is 18.7 Å². The van der Waals surface area contributed by atoms with Crippen molar-refractivity contribution >= 4 is 31.8 Å². The predicted octanol–water partition coefficient (Wildman–Crippen LogP) is 4.94. The number of carbonyl (C=O) groups excluding carboxylic acids is 1. The molecule has 1 N–H and O–H groups in total. The zero-order valence-electron chi connectivity index (χ0n) is 19.8. The summed E-state index contributed by atoms with van der Waals surface area (Å²) in [6.07, 6.45) is 9.54. The highest BCUT2D eigenvalue weighted by Gasteiger charge is 2.24. The predicted molar refractivity (Wildman–Crippen MR) is 143 cm³/mol. The van der Waals surface area contributed by atoms with E-state index in [9.17, 15) is 4.79 Å². The Morgan fingerprint density at radius 1 is 1.03 bits per heavy atom. The van der Waals surface area contributed by atoms with Crippen LogP contribution >= 0.6 is 9.24 Å². The molecule has 5 nitrogen and oxygen atoms in total. The lowest BCUT2D eigenvalue weighted by Crippen LogP contribution is -2.20. The molecule has 2 aliphatic rings. The number of nitrogens with zero attached hydrogens (tertiary/aromatic N) is 2. The molecule has 35 heavy (non-hydrogen) atoms. The molecule has 0 aliphatic heterocycles. The molecular formula is C29H28N3O2P. The molecule has 176 valence electrons. The van der Waals surface area contributed by atoms with Gasteiger partial charge >= 0.3 is 0 Å². The Labute approximate surface area is 208 Å². The largest absolute Gasteiger partial charge is 0.497 e. The number of hydrogen-bond donors (Lipinski definition) is 1. The molecule has 1 aromatic heterocycles. The number of ether oxygens (including phenoxy) is 1. The van der Waals surface area contributed by atoms with E-state index in [4.69, 9.17) is 14.7 Å². The van der Waals surface area contributed by atoms with Crippen LogP contribution in [0.1, 0.15) is 41.1 Å². The van der Waals surface area contributed by atoms with E-state index in [1.54, 1.807) is 7.11 Å². The SMILES string of the molecule is COC1=CC2=C(CC=C1)c1nc(Cc3ccccc3)c(NC(=O)Cc3ccc(P)cc3)nc1CC2. The van der Waals surface area contributed by atoms with Crippen molar-refractivity contribution < 1.29 is 9.53 Å². The molecular weight excluding hydrogens is 453 g/mol. The van der Waals surface area contributed by atoms with Crippen molar-refractivity contribution in [3.63, 3.8) is 0 Å². The Hall–Kier alpha value is -3.56. The van der Waals surface area contributed by atoms with Crippen molar-refractivity contribution in [2.75, 3.05) is 12.4 Å². The second kappa shape index (κ2) is 10.4. The number of rotatable bonds is 6. The number of hydrogen-bond acceptors (Lipinski definition) is 4. The van der Waals surface area contributed by atoms with Gasteiger partial charge in [0.2, 0.25) is 5.91 Å². The van der Waals surface area contributed by atoms with E-state index in [0.717, 1.165) is 58.5 Å². The third kappa shape index (κ3) is 5.41. The van der Waals surface area contributed by atoms with Crippen LogP contribution in [0.3, 0.4) is 0 Å². The lowest BCUT2D eigenvalue weighted by atomic mass is 9.90. The van der Waals surface area contributed by atoms with Crippen molar-refractivity contribution in [1.29, 1.82) is 0 Å². The zero-order valence-corrected chi connectivity index (χ0v) is 20.9. The second-order valence-electron chi connectivity index (χ2n) is 8.80. The normalized spacial score (nSPS) is 14.5. The van der Waals surface area contributed by atoms with Crippen LogP contribution in [-0.4, -0.2) is 23.0 Å². The molecule has 2 aliphatic carbocycles. The molecule has 0 fully saturated rings. The molecule has 1 amide bonds. The van der Waals surface area contributed by atoms with Crippen LogP contribution in [-0.2, 0) is 28.8 Å². The molecule has 3 aromatic rings. The fourth-order valence-corrected chi connectivity index (χ4v) is 4.71. The van der Waals surface area contributed by atoms with Crippen molar-refractivity contribution in [3.8, 4) is 0 Å². The zero-order chi connectivity index (χ0) is 24.2. The number of allylic oxidation sites excluding steroid dienone is 5. The Morgan fingerprint density at radius 2 is 1.83 bits per heavy atom. The summed E-state index contributed by atoms with van der Waals surface area (Å²) in [6, 6.07) is 18.1. The maximum atomic E-state index is 13.0. The number of fused-ring (bicyclic) bond motifs is 2. The molecule has 0 radical (unpaired) electrons. The number of carbonyl (C=O) groups is 1. The van der Waals surface area contributed by atoms with Gasteiger partial charge in [-0.15, -0.1) is 9.24 Å². The molecule has 0 spiro atoms. The number of amides is 1. The minimum absolute atomic E-state index is 0.0918. The molecule has 1 heterocycles. The summed E-state index contributed by atoms with van der Waals surface area (Å²) >= 11 is 0. The van der Waals surface area contributed by atoms with Crippen molar-refractivity contribution in [1.82, 2.24) is 9.97 Å². The van der Waals surface area contributed by atoms with Gasteiger partial charge in [-0.2, -0.15) is 0 Å². The third-order valence-corrected chi connectivity index (χ3v) is 6.70. The van der Waals surface area contributed by atoms with Crippen LogP contribution in [0.4, 0.5) is 5.82 Å². The highest BCUT2D eigenvalue weighted by molar-refractivity contribution is 7.27. The van der Waals surface area contributed by atoms with Crippen molar-refractivity contribution in [2.24, 2.45) is 0 Å². The minimum Gasteiger partial charge on any atom is -0.497 e. The Balaban J connectivity index is 1.50. The van der Waals surface area contributed by atoms with Gasteiger partial charge in [0, 0.05) is 6.42 Å². The summed E-state index contributed by atoms with van der Waals surface area (Å²) in [5, 5.41) is 4.16. The van der Waals surface area contributed by atoms with Gasteiger partial charge in [-0.05, 0) is 59.0 Å². The first kappa shape index (κ1) is 23.2. The van der Waals surface area contributed by atoms with Gasteiger partial charge in [-0.3, -0.25) is 4.79 Å². The van der Waals surface area contributed by atoms with Gasteiger partial charge in [-0.1, -0.05) is 60.7 Å². The number of benzene rings is 2. The van der Waals surface area contributed by atoms with Crippen LogP contribution in [0.2, 0.25) is 0 Å². The molecule has 0 bridgehead atoms. The number of nitrogens with one attached hydrogen (secondary N) is 1. The first-order valence-corrected chi connectivity index (χ1v) is 12.4. The van der Waals surface area contributed by atoms with Crippen molar-refractivity contribution in [2.45, 2.75) is 32.1 Å².